The minimum Gasteiger partial charge on any atom is -0.352 e. The second-order valence-electron chi connectivity index (χ2n) is 8.57. The molecule has 1 saturated heterocycles. The van der Waals surface area contributed by atoms with Gasteiger partial charge in [-0.15, -0.1) is 0 Å². The van der Waals surface area contributed by atoms with Gasteiger partial charge in [-0.05, 0) is 50.2 Å². The molecule has 0 aliphatic carbocycles. The van der Waals surface area contributed by atoms with Crippen molar-refractivity contribution >= 4 is 17.7 Å². The molecule has 7 heteroatoms. The Hall–Kier alpha value is -2.44. The molecule has 3 amide bonds. The molecule has 0 aromatic heterocycles. The van der Waals surface area contributed by atoms with Crippen molar-refractivity contribution in [1.29, 1.82) is 0 Å². The summed E-state index contributed by atoms with van der Waals surface area (Å²) in [4.78, 5) is 39.8. The Bertz CT molecular complexity index is 745. The number of rotatable bonds is 8. The molecule has 0 radical (unpaired) electrons. The third-order valence-corrected chi connectivity index (χ3v) is 5.64. The van der Waals surface area contributed by atoms with Gasteiger partial charge in [0, 0.05) is 25.6 Å². The van der Waals surface area contributed by atoms with E-state index in [4.69, 9.17) is 0 Å². The molecule has 166 valence electrons. The highest BCUT2D eigenvalue weighted by molar-refractivity contribution is 5.97. The largest absolute Gasteiger partial charge is 0.352 e. The summed E-state index contributed by atoms with van der Waals surface area (Å²) < 4.78 is 14.0. The lowest BCUT2D eigenvalue weighted by Crippen LogP contribution is -2.55. The van der Waals surface area contributed by atoms with Crippen LogP contribution in [-0.4, -0.2) is 47.8 Å². The number of benzene rings is 1. The van der Waals surface area contributed by atoms with Gasteiger partial charge in [0.05, 0.1) is 5.56 Å². The molecule has 1 fully saturated rings. The van der Waals surface area contributed by atoms with Crippen molar-refractivity contribution in [3.8, 4) is 0 Å². The number of carbonyl (C=O) groups excluding carboxylic acids is 3. The maximum absolute atomic E-state index is 14.0. The highest BCUT2D eigenvalue weighted by atomic mass is 19.1. The number of piperidine rings is 1. The second-order valence-corrected chi connectivity index (χ2v) is 8.57. The van der Waals surface area contributed by atoms with Gasteiger partial charge in [0.1, 0.15) is 11.9 Å². The standard InChI is InChI=1S/C23H34FN3O3/c1-5-16(4)25-23(30)21(26-22(29)18-8-6-7-9-19(18)24)17-10-12-27(13-11-17)20(28)14-15(2)3/h6-9,15-17,21H,5,10-14H2,1-4H3,(H,25,30)(H,26,29)/t16-,21+/m1/s1. The van der Waals surface area contributed by atoms with Crippen LogP contribution in [0.2, 0.25) is 0 Å². The molecule has 2 atom stereocenters. The Kier molecular flexibility index (Phi) is 8.81. The summed E-state index contributed by atoms with van der Waals surface area (Å²) in [6.07, 6.45) is 2.49. The van der Waals surface area contributed by atoms with Crippen molar-refractivity contribution in [2.45, 2.75) is 65.5 Å². The first-order chi connectivity index (χ1) is 14.2. The number of halogens is 1. The van der Waals surface area contributed by atoms with E-state index in [0.29, 0.717) is 38.3 Å². The van der Waals surface area contributed by atoms with Crippen LogP contribution in [0.25, 0.3) is 0 Å². The second kappa shape index (κ2) is 11.1. The van der Waals surface area contributed by atoms with Crippen molar-refractivity contribution in [2.24, 2.45) is 11.8 Å². The first-order valence-electron chi connectivity index (χ1n) is 10.9. The van der Waals surface area contributed by atoms with Gasteiger partial charge in [0.2, 0.25) is 11.8 Å². The van der Waals surface area contributed by atoms with Crippen LogP contribution in [0.3, 0.4) is 0 Å². The van der Waals surface area contributed by atoms with Crippen molar-refractivity contribution in [3.05, 3.63) is 35.6 Å². The fraction of sp³-hybridized carbons (Fsp3) is 0.609. The molecule has 2 N–H and O–H groups in total. The average molecular weight is 420 g/mol. The number of amides is 3. The van der Waals surface area contributed by atoms with Crippen LogP contribution in [-0.2, 0) is 9.59 Å². The summed E-state index contributed by atoms with van der Waals surface area (Å²) in [6.45, 7) is 9.01. The Morgan fingerprint density at radius 3 is 2.30 bits per heavy atom. The van der Waals surface area contributed by atoms with E-state index in [9.17, 15) is 18.8 Å². The fourth-order valence-corrected chi connectivity index (χ4v) is 3.66. The molecule has 30 heavy (non-hydrogen) atoms. The molecule has 1 aromatic carbocycles. The Morgan fingerprint density at radius 2 is 1.73 bits per heavy atom. The first kappa shape index (κ1) is 23.8. The number of nitrogens with one attached hydrogen (secondary N) is 2. The van der Waals surface area contributed by atoms with Gasteiger partial charge in [-0.2, -0.15) is 0 Å². The minimum absolute atomic E-state index is 0.0296. The van der Waals surface area contributed by atoms with Crippen molar-refractivity contribution in [2.75, 3.05) is 13.1 Å². The van der Waals surface area contributed by atoms with E-state index in [1.807, 2.05) is 32.6 Å². The zero-order valence-electron chi connectivity index (χ0n) is 18.4. The predicted octanol–water partition coefficient (Wildman–Crippen LogP) is 3.12. The molecule has 2 rings (SSSR count). The molecule has 0 unspecified atom stereocenters. The molecule has 0 spiro atoms. The predicted molar refractivity (Wildman–Crippen MR) is 114 cm³/mol. The Morgan fingerprint density at radius 1 is 1.10 bits per heavy atom. The van der Waals surface area contributed by atoms with E-state index in [-0.39, 0.29) is 29.3 Å². The van der Waals surface area contributed by atoms with Gasteiger partial charge >= 0.3 is 0 Å². The van der Waals surface area contributed by atoms with Gasteiger partial charge in [0.15, 0.2) is 0 Å². The third-order valence-electron chi connectivity index (χ3n) is 5.64. The number of hydrogen-bond donors (Lipinski definition) is 2. The highest BCUT2D eigenvalue weighted by Gasteiger charge is 2.34. The van der Waals surface area contributed by atoms with E-state index in [0.717, 1.165) is 6.42 Å². The van der Waals surface area contributed by atoms with Gasteiger partial charge in [-0.3, -0.25) is 14.4 Å². The van der Waals surface area contributed by atoms with Crippen molar-refractivity contribution < 1.29 is 18.8 Å². The lowest BCUT2D eigenvalue weighted by molar-refractivity contribution is -0.133. The fourth-order valence-electron chi connectivity index (χ4n) is 3.66. The zero-order chi connectivity index (χ0) is 22.3. The van der Waals surface area contributed by atoms with Crippen LogP contribution in [0.4, 0.5) is 4.39 Å². The molecule has 0 saturated carbocycles. The summed E-state index contributed by atoms with van der Waals surface area (Å²) in [5.74, 6) is -1.18. The third kappa shape index (κ3) is 6.54. The maximum atomic E-state index is 14.0. The Balaban J connectivity index is 2.10. The molecule has 0 bridgehead atoms. The van der Waals surface area contributed by atoms with E-state index < -0.39 is 17.8 Å². The van der Waals surface area contributed by atoms with E-state index in [2.05, 4.69) is 10.6 Å². The van der Waals surface area contributed by atoms with Crippen LogP contribution in [0, 0.1) is 17.7 Å². The van der Waals surface area contributed by atoms with Gasteiger partial charge in [0.25, 0.3) is 5.91 Å². The summed E-state index contributed by atoms with van der Waals surface area (Å²) in [5, 5.41) is 5.69. The minimum atomic E-state index is -0.770. The number of carbonyl (C=O) groups is 3. The molecule has 1 aliphatic heterocycles. The van der Waals surface area contributed by atoms with Crippen LogP contribution in [0.15, 0.2) is 24.3 Å². The van der Waals surface area contributed by atoms with Gasteiger partial charge in [-0.25, -0.2) is 4.39 Å². The van der Waals surface area contributed by atoms with Crippen LogP contribution < -0.4 is 10.6 Å². The normalized spacial score (nSPS) is 16.8. The quantitative estimate of drug-likeness (QED) is 0.680. The maximum Gasteiger partial charge on any atom is 0.254 e. The molecular weight excluding hydrogens is 385 g/mol. The van der Waals surface area contributed by atoms with Crippen LogP contribution in [0.5, 0.6) is 0 Å². The summed E-state index contributed by atoms with van der Waals surface area (Å²) in [7, 11) is 0. The van der Waals surface area contributed by atoms with E-state index >= 15 is 0 Å². The number of likely N-dealkylation sites (tertiary alicyclic amines) is 1. The number of hydrogen-bond acceptors (Lipinski definition) is 3. The lowest BCUT2D eigenvalue weighted by atomic mass is 9.88. The van der Waals surface area contributed by atoms with Gasteiger partial charge in [-0.1, -0.05) is 32.9 Å². The molecular formula is C23H34FN3O3. The topological polar surface area (TPSA) is 78.5 Å². The summed E-state index contributed by atoms with van der Waals surface area (Å²) in [6, 6.07) is 4.93. The number of nitrogens with zero attached hydrogens (tertiary/aromatic N) is 1. The molecule has 1 heterocycles. The molecule has 6 nitrogen and oxygen atoms in total. The monoisotopic (exact) mass is 419 g/mol. The summed E-state index contributed by atoms with van der Waals surface area (Å²) >= 11 is 0. The van der Waals surface area contributed by atoms with Crippen LogP contribution in [0.1, 0.15) is 63.7 Å². The lowest BCUT2D eigenvalue weighted by Gasteiger charge is -2.36. The molecule has 1 aliphatic rings. The van der Waals surface area contributed by atoms with E-state index in [1.54, 1.807) is 6.07 Å². The highest BCUT2D eigenvalue weighted by Crippen LogP contribution is 2.23. The Labute approximate surface area is 178 Å². The van der Waals surface area contributed by atoms with Gasteiger partial charge < -0.3 is 15.5 Å². The van der Waals surface area contributed by atoms with E-state index in [1.165, 1.54) is 18.2 Å². The molecule has 1 aromatic rings. The average Bonchev–Trinajstić information content (AvgIpc) is 2.71. The van der Waals surface area contributed by atoms with Crippen molar-refractivity contribution in [1.82, 2.24) is 15.5 Å². The smallest absolute Gasteiger partial charge is 0.254 e. The first-order valence-corrected chi connectivity index (χ1v) is 10.9. The zero-order valence-corrected chi connectivity index (χ0v) is 18.4. The van der Waals surface area contributed by atoms with Crippen LogP contribution >= 0.6 is 0 Å². The SMILES string of the molecule is CC[C@@H](C)NC(=O)[C@@H](NC(=O)c1ccccc1F)C1CCN(C(=O)CC(C)C)CC1. The summed E-state index contributed by atoms with van der Waals surface area (Å²) in [5.41, 5.74) is -0.0802. The van der Waals surface area contributed by atoms with Crippen molar-refractivity contribution in [3.63, 3.8) is 0 Å².